The fourth-order valence-corrected chi connectivity index (χ4v) is 3.41. The van der Waals surface area contributed by atoms with Gasteiger partial charge in [0.2, 0.25) is 10.0 Å². The van der Waals surface area contributed by atoms with Crippen LogP contribution >= 0.6 is 0 Å². The summed E-state index contributed by atoms with van der Waals surface area (Å²) in [5, 5.41) is 9.00. The zero-order valence-corrected chi connectivity index (χ0v) is 12.0. The number of aliphatic hydroxyl groups is 1. The number of hydrogen-bond donors (Lipinski definition) is 2. The lowest BCUT2D eigenvalue weighted by molar-refractivity contribution is 0.107. The standard InChI is InChI=1S/C13H18FNO4S/c1-9-11(4-5-19-9)7-15-20(17,18)13-6-10(8-16)2-3-12(13)14/h2-3,6,9,11,15-16H,4-5,7-8H2,1H3. The quantitative estimate of drug-likeness (QED) is 0.851. The molecule has 7 heteroatoms. The Morgan fingerprint density at radius 3 is 2.85 bits per heavy atom. The molecular formula is C13H18FNO4S. The summed E-state index contributed by atoms with van der Waals surface area (Å²) < 4.78 is 45.6. The van der Waals surface area contributed by atoms with Crippen LogP contribution in [0, 0.1) is 11.7 Å². The summed E-state index contributed by atoms with van der Waals surface area (Å²) in [6.07, 6.45) is 0.773. The van der Waals surface area contributed by atoms with Gasteiger partial charge in [0, 0.05) is 19.1 Å². The van der Waals surface area contributed by atoms with E-state index in [1.165, 1.54) is 6.07 Å². The summed E-state index contributed by atoms with van der Waals surface area (Å²) in [4.78, 5) is -0.435. The van der Waals surface area contributed by atoms with Gasteiger partial charge in [-0.05, 0) is 31.0 Å². The van der Waals surface area contributed by atoms with Gasteiger partial charge in [-0.3, -0.25) is 0 Å². The van der Waals surface area contributed by atoms with Crippen LogP contribution in [0.2, 0.25) is 0 Å². The highest BCUT2D eigenvalue weighted by Crippen LogP contribution is 2.21. The molecule has 5 nitrogen and oxygen atoms in total. The van der Waals surface area contributed by atoms with Crippen LogP contribution in [0.15, 0.2) is 23.1 Å². The van der Waals surface area contributed by atoms with E-state index < -0.39 is 20.7 Å². The van der Waals surface area contributed by atoms with E-state index in [2.05, 4.69) is 4.72 Å². The summed E-state index contributed by atoms with van der Waals surface area (Å²) in [5.41, 5.74) is 0.351. The van der Waals surface area contributed by atoms with Gasteiger partial charge >= 0.3 is 0 Å². The first kappa shape index (κ1) is 15.4. The van der Waals surface area contributed by atoms with Crippen molar-refractivity contribution >= 4 is 10.0 Å². The molecule has 0 spiro atoms. The molecule has 2 atom stereocenters. The van der Waals surface area contributed by atoms with Crippen LogP contribution in [-0.4, -0.2) is 32.8 Å². The number of aliphatic hydroxyl groups excluding tert-OH is 1. The average Bonchev–Trinajstić information content (AvgIpc) is 2.82. The molecule has 1 heterocycles. The molecule has 0 radical (unpaired) electrons. The molecule has 1 fully saturated rings. The van der Waals surface area contributed by atoms with Crippen molar-refractivity contribution in [3.8, 4) is 0 Å². The predicted molar refractivity (Wildman–Crippen MR) is 71.0 cm³/mol. The van der Waals surface area contributed by atoms with E-state index in [9.17, 15) is 12.8 Å². The molecule has 2 N–H and O–H groups in total. The first-order chi connectivity index (χ1) is 9.44. The smallest absolute Gasteiger partial charge is 0.243 e. The summed E-state index contributed by atoms with van der Waals surface area (Å²) in [5.74, 6) is -0.737. The second-order valence-corrected chi connectivity index (χ2v) is 6.63. The number of ether oxygens (including phenoxy) is 1. The molecule has 2 rings (SSSR count). The monoisotopic (exact) mass is 303 g/mol. The Balaban J connectivity index is 2.13. The Morgan fingerprint density at radius 1 is 1.50 bits per heavy atom. The number of sulfonamides is 1. The second kappa shape index (κ2) is 6.17. The minimum atomic E-state index is -3.93. The van der Waals surface area contributed by atoms with Crippen LogP contribution < -0.4 is 4.72 Å². The molecule has 1 saturated heterocycles. The third kappa shape index (κ3) is 3.35. The minimum Gasteiger partial charge on any atom is -0.392 e. The van der Waals surface area contributed by atoms with Crippen LogP contribution in [0.3, 0.4) is 0 Å². The molecule has 1 aliphatic heterocycles. The van der Waals surface area contributed by atoms with Crippen molar-refractivity contribution in [3.63, 3.8) is 0 Å². The van der Waals surface area contributed by atoms with E-state index in [-0.39, 0.29) is 25.2 Å². The summed E-state index contributed by atoms with van der Waals surface area (Å²) in [7, 11) is -3.93. The topological polar surface area (TPSA) is 75.6 Å². The zero-order chi connectivity index (χ0) is 14.8. The van der Waals surface area contributed by atoms with E-state index >= 15 is 0 Å². The molecule has 1 aromatic carbocycles. The van der Waals surface area contributed by atoms with Gasteiger partial charge in [-0.25, -0.2) is 17.5 Å². The fourth-order valence-electron chi connectivity index (χ4n) is 2.19. The van der Waals surface area contributed by atoms with E-state index in [4.69, 9.17) is 9.84 Å². The maximum Gasteiger partial charge on any atom is 0.243 e. The highest BCUT2D eigenvalue weighted by Gasteiger charge is 2.27. The van der Waals surface area contributed by atoms with Crippen LogP contribution in [0.25, 0.3) is 0 Å². The number of benzene rings is 1. The molecule has 0 aliphatic carbocycles. The lowest BCUT2D eigenvalue weighted by atomic mass is 10.0. The van der Waals surface area contributed by atoms with Crippen molar-refractivity contribution < 1.29 is 22.7 Å². The van der Waals surface area contributed by atoms with Crippen molar-refractivity contribution in [2.45, 2.75) is 31.0 Å². The maximum atomic E-state index is 13.7. The third-order valence-electron chi connectivity index (χ3n) is 3.54. The Hall–Kier alpha value is -1.02. The number of nitrogens with one attached hydrogen (secondary N) is 1. The summed E-state index contributed by atoms with van der Waals surface area (Å²) in [6, 6.07) is 3.54. The van der Waals surface area contributed by atoms with Gasteiger partial charge in [0.15, 0.2) is 0 Å². The highest BCUT2D eigenvalue weighted by atomic mass is 32.2. The molecule has 1 aliphatic rings. The van der Waals surface area contributed by atoms with E-state index in [1.807, 2.05) is 6.92 Å². The van der Waals surface area contributed by atoms with Crippen LogP contribution in [0.4, 0.5) is 4.39 Å². The molecule has 1 aromatic rings. The molecule has 112 valence electrons. The first-order valence-corrected chi connectivity index (χ1v) is 7.93. The Morgan fingerprint density at radius 2 is 2.25 bits per heavy atom. The van der Waals surface area contributed by atoms with Gasteiger partial charge in [-0.1, -0.05) is 6.07 Å². The van der Waals surface area contributed by atoms with Crippen molar-refractivity contribution in [1.29, 1.82) is 0 Å². The van der Waals surface area contributed by atoms with Gasteiger partial charge in [0.05, 0.1) is 12.7 Å². The number of hydrogen-bond acceptors (Lipinski definition) is 4. The second-order valence-electron chi connectivity index (χ2n) is 4.90. The first-order valence-electron chi connectivity index (χ1n) is 6.44. The third-order valence-corrected chi connectivity index (χ3v) is 4.98. The van der Waals surface area contributed by atoms with Crippen molar-refractivity contribution in [2.24, 2.45) is 5.92 Å². The molecule has 2 unspecified atom stereocenters. The van der Waals surface area contributed by atoms with Crippen LogP contribution in [0.5, 0.6) is 0 Å². The Labute approximate surface area is 117 Å². The largest absolute Gasteiger partial charge is 0.392 e. The van der Waals surface area contributed by atoms with Gasteiger partial charge in [0.1, 0.15) is 10.7 Å². The van der Waals surface area contributed by atoms with Gasteiger partial charge in [-0.15, -0.1) is 0 Å². The molecular weight excluding hydrogens is 285 g/mol. The summed E-state index contributed by atoms with van der Waals surface area (Å²) >= 11 is 0. The number of halogens is 1. The van der Waals surface area contributed by atoms with Gasteiger partial charge < -0.3 is 9.84 Å². The Kier molecular flexibility index (Phi) is 4.74. The van der Waals surface area contributed by atoms with Gasteiger partial charge in [0.25, 0.3) is 0 Å². The maximum absolute atomic E-state index is 13.7. The average molecular weight is 303 g/mol. The molecule has 20 heavy (non-hydrogen) atoms. The molecule has 0 saturated carbocycles. The van der Waals surface area contributed by atoms with Gasteiger partial charge in [-0.2, -0.15) is 0 Å². The highest BCUT2D eigenvalue weighted by molar-refractivity contribution is 7.89. The van der Waals surface area contributed by atoms with Crippen molar-refractivity contribution in [2.75, 3.05) is 13.2 Å². The SMILES string of the molecule is CC1OCCC1CNS(=O)(=O)c1cc(CO)ccc1F. The van der Waals surface area contributed by atoms with Crippen LogP contribution in [0.1, 0.15) is 18.9 Å². The van der Waals surface area contributed by atoms with Crippen LogP contribution in [-0.2, 0) is 21.4 Å². The fraction of sp³-hybridized carbons (Fsp3) is 0.538. The Bertz CT molecular complexity index is 576. The summed E-state index contributed by atoms with van der Waals surface area (Å²) in [6.45, 7) is 2.38. The van der Waals surface area contributed by atoms with Crippen molar-refractivity contribution in [3.05, 3.63) is 29.6 Å². The van der Waals surface area contributed by atoms with Crippen molar-refractivity contribution in [1.82, 2.24) is 4.72 Å². The lowest BCUT2D eigenvalue weighted by Gasteiger charge is -2.15. The lowest BCUT2D eigenvalue weighted by Crippen LogP contribution is -2.32. The molecule has 0 aromatic heterocycles. The van der Waals surface area contributed by atoms with E-state index in [0.717, 1.165) is 18.6 Å². The van der Waals surface area contributed by atoms with E-state index in [0.29, 0.717) is 12.2 Å². The normalized spacial score (nSPS) is 23.1. The van der Waals surface area contributed by atoms with E-state index in [1.54, 1.807) is 0 Å². The molecule has 0 bridgehead atoms. The minimum absolute atomic E-state index is 0.00803. The zero-order valence-electron chi connectivity index (χ0n) is 11.2. The number of rotatable bonds is 5. The molecule has 0 amide bonds. The predicted octanol–water partition coefficient (Wildman–Crippen LogP) is 1.02.